The van der Waals surface area contributed by atoms with Crippen LogP contribution < -0.4 is 10.1 Å². The number of amides is 1. The van der Waals surface area contributed by atoms with E-state index in [1.807, 2.05) is 19.1 Å². The van der Waals surface area contributed by atoms with E-state index >= 15 is 0 Å². The number of rotatable bonds is 6. The van der Waals surface area contributed by atoms with E-state index in [1.54, 1.807) is 42.5 Å². The Kier molecular flexibility index (Phi) is 6.37. The number of hydrogen-bond acceptors (Lipinski definition) is 8. The van der Waals surface area contributed by atoms with Gasteiger partial charge in [-0.15, -0.1) is 0 Å². The molecule has 0 unspecified atom stereocenters. The van der Waals surface area contributed by atoms with Crippen molar-refractivity contribution in [2.45, 2.75) is 6.92 Å². The number of aryl methyl sites for hydroxylation is 1. The standard InChI is InChI=1S/C23H24N6O3/c1-15-5-6-16(23(30)29-8-10-31-11-9-29)12-19(15)32-22-18(13-24)21(25-2)27-20(28-22)17-4-3-7-26-14-17/h3-7,12-14,24H,8-11H2,1-2H3,(H,25,27,28). The Hall–Kier alpha value is -3.85. The van der Waals surface area contributed by atoms with Gasteiger partial charge in [0.05, 0.1) is 18.8 Å². The van der Waals surface area contributed by atoms with E-state index in [9.17, 15) is 4.79 Å². The Morgan fingerprint density at radius 2 is 2.06 bits per heavy atom. The van der Waals surface area contributed by atoms with E-state index in [2.05, 4.69) is 20.3 Å². The van der Waals surface area contributed by atoms with Crippen LogP contribution in [0.15, 0.2) is 42.7 Å². The molecule has 1 aliphatic heterocycles. The minimum absolute atomic E-state index is 0.0694. The average Bonchev–Trinajstić information content (AvgIpc) is 2.85. The van der Waals surface area contributed by atoms with Gasteiger partial charge in [-0.05, 0) is 36.8 Å². The summed E-state index contributed by atoms with van der Waals surface area (Å²) >= 11 is 0. The van der Waals surface area contributed by atoms with Crippen LogP contribution >= 0.6 is 0 Å². The van der Waals surface area contributed by atoms with Crippen molar-refractivity contribution in [2.75, 3.05) is 38.7 Å². The summed E-state index contributed by atoms with van der Waals surface area (Å²) in [6.07, 6.45) is 4.48. The lowest BCUT2D eigenvalue weighted by Gasteiger charge is -2.27. The number of nitrogens with one attached hydrogen (secondary N) is 2. The Morgan fingerprint density at radius 3 is 2.75 bits per heavy atom. The number of carbonyl (C=O) groups excluding carboxylic acids is 1. The lowest BCUT2D eigenvalue weighted by molar-refractivity contribution is 0.0302. The summed E-state index contributed by atoms with van der Waals surface area (Å²) in [4.78, 5) is 27.9. The van der Waals surface area contributed by atoms with Gasteiger partial charge in [-0.2, -0.15) is 4.98 Å². The zero-order valence-electron chi connectivity index (χ0n) is 18.0. The maximum absolute atomic E-state index is 12.9. The zero-order valence-corrected chi connectivity index (χ0v) is 18.0. The molecule has 2 aromatic heterocycles. The third-order valence-corrected chi connectivity index (χ3v) is 5.15. The SMILES string of the molecule is CNc1nc(-c2cccnc2)nc(Oc2cc(C(=O)N3CCOCC3)ccc2C)c1C=N. The van der Waals surface area contributed by atoms with Crippen molar-refractivity contribution < 1.29 is 14.3 Å². The molecule has 3 heterocycles. The highest BCUT2D eigenvalue weighted by atomic mass is 16.5. The van der Waals surface area contributed by atoms with Crippen molar-refractivity contribution >= 4 is 17.9 Å². The van der Waals surface area contributed by atoms with Crippen LogP contribution in [0.2, 0.25) is 0 Å². The molecule has 0 aliphatic carbocycles. The van der Waals surface area contributed by atoms with Gasteiger partial charge >= 0.3 is 0 Å². The minimum atomic E-state index is -0.0694. The number of aromatic nitrogens is 3. The number of pyridine rings is 1. The van der Waals surface area contributed by atoms with Gasteiger partial charge in [0, 0.05) is 49.9 Å². The van der Waals surface area contributed by atoms with E-state index in [1.165, 1.54) is 0 Å². The van der Waals surface area contributed by atoms with Gasteiger partial charge in [0.1, 0.15) is 11.6 Å². The first-order valence-corrected chi connectivity index (χ1v) is 10.3. The van der Waals surface area contributed by atoms with E-state index < -0.39 is 0 Å². The van der Waals surface area contributed by atoms with Gasteiger partial charge in [0.15, 0.2) is 5.82 Å². The average molecular weight is 432 g/mol. The number of morpholine rings is 1. The van der Waals surface area contributed by atoms with Crippen LogP contribution in [0.4, 0.5) is 5.82 Å². The van der Waals surface area contributed by atoms with Gasteiger partial charge in [0.25, 0.3) is 5.91 Å². The quantitative estimate of drug-likeness (QED) is 0.575. The molecule has 2 N–H and O–H groups in total. The van der Waals surface area contributed by atoms with Crippen LogP contribution in [0.5, 0.6) is 11.6 Å². The van der Waals surface area contributed by atoms with Crippen molar-refractivity contribution in [3.8, 4) is 23.0 Å². The molecule has 0 atom stereocenters. The van der Waals surface area contributed by atoms with E-state index in [0.717, 1.165) is 17.3 Å². The molecular weight excluding hydrogens is 408 g/mol. The summed E-state index contributed by atoms with van der Waals surface area (Å²) in [7, 11) is 1.72. The second kappa shape index (κ2) is 9.52. The topological polar surface area (TPSA) is 113 Å². The summed E-state index contributed by atoms with van der Waals surface area (Å²) in [6, 6.07) is 8.99. The van der Waals surface area contributed by atoms with Crippen LogP contribution in [-0.4, -0.2) is 65.3 Å². The van der Waals surface area contributed by atoms with E-state index in [0.29, 0.717) is 54.8 Å². The molecule has 9 nitrogen and oxygen atoms in total. The molecule has 1 aromatic carbocycles. The molecule has 1 fully saturated rings. The Bertz CT molecular complexity index is 1130. The molecule has 1 amide bonds. The van der Waals surface area contributed by atoms with Gasteiger partial charge in [-0.1, -0.05) is 6.07 Å². The first-order valence-electron chi connectivity index (χ1n) is 10.3. The summed E-state index contributed by atoms with van der Waals surface area (Å²) in [6.45, 7) is 4.09. The van der Waals surface area contributed by atoms with Crippen molar-refractivity contribution in [3.05, 3.63) is 59.4 Å². The molecule has 3 aromatic rings. The molecule has 4 rings (SSSR count). The lowest BCUT2D eigenvalue weighted by atomic mass is 10.1. The molecule has 9 heteroatoms. The van der Waals surface area contributed by atoms with Crippen LogP contribution in [0.1, 0.15) is 21.5 Å². The third-order valence-electron chi connectivity index (χ3n) is 5.15. The molecule has 0 spiro atoms. The first kappa shape index (κ1) is 21.4. The van der Waals surface area contributed by atoms with Gasteiger partial charge < -0.3 is 25.1 Å². The Labute approximate surface area is 186 Å². The van der Waals surface area contributed by atoms with E-state index in [4.69, 9.17) is 14.9 Å². The predicted molar refractivity (Wildman–Crippen MR) is 121 cm³/mol. The van der Waals surface area contributed by atoms with Crippen LogP contribution in [0.3, 0.4) is 0 Å². The lowest BCUT2D eigenvalue weighted by Crippen LogP contribution is -2.40. The molecule has 0 bridgehead atoms. The Morgan fingerprint density at radius 1 is 1.25 bits per heavy atom. The maximum Gasteiger partial charge on any atom is 0.254 e. The van der Waals surface area contributed by atoms with Crippen LogP contribution in [0.25, 0.3) is 11.4 Å². The summed E-state index contributed by atoms with van der Waals surface area (Å²) in [5, 5.41) is 10.9. The smallest absolute Gasteiger partial charge is 0.254 e. The molecule has 0 radical (unpaired) electrons. The highest BCUT2D eigenvalue weighted by Crippen LogP contribution is 2.31. The summed E-state index contributed by atoms with van der Waals surface area (Å²) in [5.41, 5.74) is 2.49. The van der Waals surface area contributed by atoms with Crippen molar-refractivity contribution in [1.29, 1.82) is 5.41 Å². The molecule has 32 heavy (non-hydrogen) atoms. The number of carbonyl (C=O) groups is 1. The second-order valence-electron chi connectivity index (χ2n) is 7.24. The fourth-order valence-electron chi connectivity index (χ4n) is 3.37. The van der Waals surface area contributed by atoms with Crippen LogP contribution in [-0.2, 0) is 4.74 Å². The van der Waals surface area contributed by atoms with Gasteiger partial charge in [-0.25, -0.2) is 4.98 Å². The van der Waals surface area contributed by atoms with Crippen molar-refractivity contribution in [3.63, 3.8) is 0 Å². The summed E-state index contributed by atoms with van der Waals surface area (Å²) in [5.74, 6) is 1.52. The molecular formula is C23H24N6O3. The molecule has 164 valence electrons. The Balaban J connectivity index is 1.71. The highest BCUT2D eigenvalue weighted by Gasteiger charge is 2.21. The maximum atomic E-state index is 12.9. The zero-order chi connectivity index (χ0) is 22.5. The van der Waals surface area contributed by atoms with Crippen molar-refractivity contribution in [1.82, 2.24) is 19.9 Å². The number of benzene rings is 1. The minimum Gasteiger partial charge on any atom is -0.438 e. The molecule has 1 aliphatic rings. The molecule has 0 saturated carbocycles. The fourth-order valence-corrected chi connectivity index (χ4v) is 3.37. The first-order chi connectivity index (χ1) is 15.6. The number of hydrogen-bond donors (Lipinski definition) is 2. The van der Waals surface area contributed by atoms with Gasteiger partial charge in [-0.3, -0.25) is 9.78 Å². The fraction of sp³-hybridized carbons (Fsp3) is 0.261. The summed E-state index contributed by atoms with van der Waals surface area (Å²) < 4.78 is 11.5. The molecule has 1 saturated heterocycles. The number of nitrogens with zero attached hydrogens (tertiary/aromatic N) is 4. The normalized spacial score (nSPS) is 13.5. The monoisotopic (exact) mass is 432 g/mol. The van der Waals surface area contributed by atoms with Crippen LogP contribution in [0, 0.1) is 12.3 Å². The predicted octanol–water partition coefficient (Wildman–Crippen LogP) is 3.15. The van der Waals surface area contributed by atoms with Crippen molar-refractivity contribution in [2.24, 2.45) is 0 Å². The third kappa shape index (κ3) is 4.42. The largest absolute Gasteiger partial charge is 0.438 e. The van der Waals surface area contributed by atoms with Gasteiger partial charge in [0.2, 0.25) is 5.88 Å². The number of ether oxygens (including phenoxy) is 2. The second-order valence-corrected chi connectivity index (χ2v) is 7.24. The highest BCUT2D eigenvalue weighted by molar-refractivity contribution is 5.95. The number of anilines is 1. The van der Waals surface area contributed by atoms with E-state index in [-0.39, 0.29) is 11.8 Å².